The van der Waals surface area contributed by atoms with Gasteiger partial charge in [-0.3, -0.25) is 0 Å². The molecular weight excluding hydrogens is 389 g/mol. The first-order valence-corrected chi connectivity index (χ1v) is 10.3. The molecule has 3 unspecified atom stereocenters. The van der Waals surface area contributed by atoms with Gasteiger partial charge in [0.1, 0.15) is 16.8 Å². The van der Waals surface area contributed by atoms with E-state index >= 15 is 0 Å². The summed E-state index contributed by atoms with van der Waals surface area (Å²) in [6, 6.07) is 9.89. The summed E-state index contributed by atoms with van der Waals surface area (Å²) in [6.07, 6.45) is 0.906. The Morgan fingerprint density at radius 3 is 2.75 bits per heavy atom. The standard InChI is InChI=1S/C19H18FNO6S/c20-12-5-1-2-7-16(12)28(24,25)21-13-8-9-14-18(13)11-4-3-6-15(19(11)27-14)26-10-17(22)23/h1-7,13-14,18,21H,8-10H2,(H,22,23). The van der Waals surface area contributed by atoms with E-state index in [0.29, 0.717) is 24.3 Å². The van der Waals surface area contributed by atoms with Crippen molar-refractivity contribution >= 4 is 16.0 Å². The third kappa shape index (κ3) is 3.31. The van der Waals surface area contributed by atoms with Gasteiger partial charge in [0, 0.05) is 17.5 Å². The van der Waals surface area contributed by atoms with Crippen LogP contribution in [0.2, 0.25) is 0 Å². The molecule has 148 valence electrons. The van der Waals surface area contributed by atoms with Crippen molar-refractivity contribution in [2.75, 3.05) is 6.61 Å². The minimum absolute atomic E-state index is 0.252. The Kier molecular flexibility index (Phi) is 4.72. The topological polar surface area (TPSA) is 102 Å². The van der Waals surface area contributed by atoms with Crippen molar-refractivity contribution in [1.29, 1.82) is 0 Å². The summed E-state index contributed by atoms with van der Waals surface area (Å²) in [4.78, 5) is 10.4. The summed E-state index contributed by atoms with van der Waals surface area (Å²) >= 11 is 0. The van der Waals surface area contributed by atoms with Gasteiger partial charge in [0.15, 0.2) is 18.1 Å². The molecule has 2 aromatic carbocycles. The lowest BCUT2D eigenvalue weighted by Crippen LogP contribution is -2.38. The fraction of sp³-hybridized carbons (Fsp3) is 0.316. The number of sulfonamides is 1. The van der Waals surface area contributed by atoms with E-state index in [9.17, 15) is 17.6 Å². The molecule has 7 nitrogen and oxygen atoms in total. The summed E-state index contributed by atoms with van der Waals surface area (Å²) < 4.78 is 53.1. The van der Waals surface area contributed by atoms with Crippen LogP contribution in [0.1, 0.15) is 24.3 Å². The third-order valence-electron chi connectivity index (χ3n) is 5.02. The molecule has 0 amide bonds. The van der Waals surface area contributed by atoms with Crippen LogP contribution in [0.15, 0.2) is 47.4 Å². The molecule has 2 N–H and O–H groups in total. The Hall–Kier alpha value is -2.65. The minimum Gasteiger partial charge on any atom is -0.486 e. The first-order valence-electron chi connectivity index (χ1n) is 8.78. The van der Waals surface area contributed by atoms with Gasteiger partial charge >= 0.3 is 5.97 Å². The highest BCUT2D eigenvalue weighted by molar-refractivity contribution is 7.89. The summed E-state index contributed by atoms with van der Waals surface area (Å²) in [7, 11) is -4.04. The molecule has 1 aliphatic carbocycles. The predicted molar refractivity (Wildman–Crippen MR) is 96.5 cm³/mol. The first-order chi connectivity index (χ1) is 13.4. The number of rotatable bonds is 6. The normalized spacial score (nSPS) is 23.0. The predicted octanol–water partition coefficient (Wildman–Crippen LogP) is 2.27. The van der Waals surface area contributed by atoms with Crippen LogP contribution in [-0.4, -0.2) is 38.2 Å². The van der Waals surface area contributed by atoms with Crippen LogP contribution in [0, 0.1) is 5.82 Å². The third-order valence-corrected chi connectivity index (χ3v) is 6.54. The van der Waals surface area contributed by atoms with Crippen molar-refractivity contribution in [2.24, 2.45) is 0 Å². The average Bonchev–Trinajstić information content (AvgIpc) is 3.20. The van der Waals surface area contributed by atoms with Gasteiger partial charge in [0.25, 0.3) is 0 Å². The molecule has 1 aliphatic heterocycles. The number of hydrogen-bond acceptors (Lipinski definition) is 5. The van der Waals surface area contributed by atoms with E-state index < -0.39 is 39.4 Å². The number of ether oxygens (including phenoxy) is 2. The van der Waals surface area contributed by atoms with E-state index in [2.05, 4.69) is 4.72 Å². The van der Waals surface area contributed by atoms with E-state index in [-0.39, 0.29) is 12.0 Å². The van der Waals surface area contributed by atoms with Gasteiger partial charge in [-0.15, -0.1) is 0 Å². The van der Waals surface area contributed by atoms with E-state index in [1.165, 1.54) is 18.2 Å². The number of hydrogen-bond donors (Lipinski definition) is 2. The molecule has 3 atom stereocenters. The van der Waals surface area contributed by atoms with Crippen LogP contribution in [0.4, 0.5) is 4.39 Å². The lowest BCUT2D eigenvalue weighted by Gasteiger charge is -2.20. The Bertz CT molecular complexity index is 1020. The molecule has 4 rings (SSSR count). The van der Waals surface area contributed by atoms with Crippen molar-refractivity contribution in [3.63, 3.8) is 0 Å². The summed E-state index contributed by atoms with van der Waals surface area (Å²) in [6.45, 7) is -0.501. The second kappa shape index (κ2) is 7.06. The van der Waals surface area contributed by atoms with Gasteiger partial charge in [-0.2, -0.15) is 0 Å². The highest BCUT2D eigenvalue weighted by Crippen LogP contribution is 2.51. The fourth-order valence-electron chi connectivity index (χ4n) is 3.89. The minimum atomic E-state index is -4.04. The second-order valence-electron chi connectivity index (χ2n) is 6.77. The van der Waals surface area contributed by atoms with Crippen molar-refractivity contribution < 1.29 is 32.2 Å². The highest BCUT2D eigenvalue weighted by Gasteiger charge is 2.47. The van der Waals surface area contributed by atoms with Gasteiger partial charge in [-0.1, -0.05) is 24.3 Å². The van der Waals surface area contributed by atoms with Crippen LogP contribution in [0.5, 0.6) is 11.5 Å². The van der Waals surface area contributed by atoms with Gasteiger partial charge < -0.3 is 14.6 Å². The van der Waals surface area contributed by atoms with Crippen molar-refractivity contribution in [3.05, 3.63) is 53.8 Å². The van der Waals surface area contributed by atoms with Crippen LogP contribution in [0.3, 0.4) is 0 Å². The summed E-state index contributed by atoms with van der Waals surface area (Å²) in [5.74, 6) is -1.42. The van der Waals surface area contributed by atoms with Crippen LogP contribution < -0.4 is 14.2 Å². The van der Waals surface area contributed by atoms with E-state index in [4.69, 9.17) is 14.6 Å². The summed E-state index contributed by atoms with van der Waals surface area (Å²) in [5.41, 5.74) is 0.756. The van der Waals surface area contributed by atoms with Crippen molar-refractivity contribution in [2.45, 2.75) is 35.8 Å². The Labute approximate surface area is 161 Å². The molecule has 1 heterocycles. The molecule has 0 aromatic heterocycles. The van der Waals surface area contributed by atoms with Gasteiger partial charge in [0.2, 0.25) is 10.0 Å². The zero-order valence-corrected chi connectivity index (χ0v) is 15.5. The monoisotopic (exact) mass is 407 g/mol. The molecule has 1 fully saturated rings. The molecule has 2 aromatic rings. The maximum Gasteiger partial charge on any atom is 0.341 e. The SMILES string of the molecule is O=C(O)COc1cccc2c1OC1CCC(NS(=O)(=O)c3ccccc3F)C21. The second-order valence-corrected chi connectivity index (χ2v) is 8.46. The van der Waals surface area contributed by atoms with Crippen LogP contribution in [-0.2, 0) is 14.8 Å². The maximum absolute atomic E-state index is 14.0. The number of carboxylic acid groups (broad SMARTS) is 1. The molecule has 9 heteroatoms. The van der Waals surface area contributed by atoms with E-state index in [1.54, 1.807) is 12.1 Å². The molecule has 2 aliphatic rings. The Morgan fingerprint density at radius 2 is 2.00 bits per heavy atom. The molecule has 0 spiro atoms. The first kappa shape index (κ1) is 18.7. The van der Waals surface area contributed by atoms with Gasteiger partial charge in [-0.25, -0.2) is 22.3 Å². The number of carboxylic acids is 1. The number of benzene rings is 2. The largest absolute Gasteiger partial charge is 0.486 e. The quantitative estimate of drug-likeness (QED) is 0.762. The number of para-hydroxylation sites is 1. The lowest BCUT2D eigenvalue weighted by atomic mass is 9.94. The molecular formula is C19H18FNO6S. The molecule has 0 bridgehead atoms. The van der Waals surface area contributed by atoms with Crippen LogP contribution in [0.25, 0.3) is 0 Å². The molecule has 28 heavy (non-hydrogen) atoms. The Morgan fingerprint density at radius 1 is 1.21 bits per heavy atom. The van der Waals surface area contributed by atoms with Crippen molar-refractivity contribution in [1.82, 2.24) is 4.72 Å². The zero-order chi connectivity index (χ0) is 19.9. The van der Waals surface area contributed by atoms with Gasteiger partial charge in [0.05, 0.1) is 0 Å². The molecule has 1 saturated carbocycles. The fourth-order valence-corrected chi connectivity index (χ4v) is 5.27. The number of fused-ring (bicyclic) bond motifs is 3. The number of carbonyl (C=O) groups is 1. The highest BCUT2D eigenvalue weighted by atomic mass is 32.2. The lowest BCUT2D eigenvalue weighted by molar-refractivity contribution is -0.139. The Balaban J connectivity index is 1.60. The van der Waals surface area contributed by atoms with Crippen molar-refractivity contribution in [3.8, 4) is 11.5 Å². The average molecular weight is 407 g/mol. The summed E-state index contributed by atoms with van der Waals surface area (Å²) in [5, 5.41) is 8.81. The van der Waals surface area contributed by atoms with Crippen LogP contribution >= 0.6 is 0 Å². The van der Waals surface area contributed by atoms with E-state index in [0.717, 1.165) is 11.6 Å². The van der Waals surface area contributed by atoms with Gasteiger partial charge in [-0.05, 0) is 31.0 Å². The smallest absolute Gasteiger partial charge is 0.341 e. The molecule has 0 radical (unpaired) electrons. The number of aliphatic carboxylic acids is 1. The molecule has 0 saturated heterocycles. The zero-order valence-electron chi connectivity index (χ0n) is 14.7. The van der Waals surface area contributed by atoms with E-state index in [1.807, 2.05) is 6.07 Å². The number of nitrogens with one attached hydrogen (secondary N) is 1. The maximum atomic E-state index is 14.0. The number of halogens is 1.